The summed E-state index contributed by atoms with van der Waals surface area (Å²) in [6.07, 6.45) is 0.903. The Balaban J connectivity index is 1.88. The second-order valence-electron chi connectivity index (χ2n) is 3.80. The zero-order valence-electron chi connectivity index (χ0n) is 9.14. The summed E-state index contributed by atoms with van der Waals surface area (Å²) in [5.74, 6) is 2.07. The maximum atomic E-state index is 4.36. The second-order valence-corrected chi connectivity index (χ2v) is 4.55. The lowest BCUT2D eigenvalue weighted by molar-refractivity contribution is 0.627. The van der Waals surface area contributed by atoms with E-state index in [1.807, 2.05) is 0 Å². The first-order valence-electron chi connectivity index (χ1n) is 5.03. The molecule has 0 aliphatic rings. The summed E-state index contributed by atoms with van der Waals surface area (Å²) in [5, 5.41) is 17.4. The summed E-state index contributed by atoms with van der Waals surface area (Å²) in [4.78, 5) is 4.36. The van der Waals surface area contributed by atoms with Gasteiger partial charge in [-0.05, 0) is 5.92 Å². The molecule has 2 heterocycles. The van der Waals surface area contributed by atoms with E-state index in [1.54, 1.807) is 0 Å². The number of aromatic amines is 1. The first-order chi connectivity index (χ1) is 7.74. The van der Waals surface area contributed by atoms with Crippen molar-refractivity contribution < 1.29 is 0 Å². The molecule has 0 fully saturated rings. The molecular formula is C8H13N7S. The molecule has 2 N–H and O–H groups in total. The molecule has 0 aromatic carbocycles. The van der Waals surface area contributed by atoms with Gasteiger partial charge in [0.05, 0.1) is 6.54 Å². The van der Waals surface area contributed by atoms with Crippen LogP contribution in [0, 0.1) is 5.92 Å². The lowest BCUT2D eigenvalue weighted by Gasteiger charge is -1.98. The summed E-state index contributed by atoms with van der Waals surface area (Å²) < 4.78 is 4.26. The lowest BCUT2D eigenvalue weighted by atomic mass is 10.1. The maximum Gasteiger partial charge on any atom is 0.202 e. The summed E-state index contributed by atoms with van der Waals surface area (Å²) in [6, 6.07) is 0. The van der Waals surface area contributed by atoms with Crippen molar-refractivity contribution in [2.24, 2.45) is 5.92 Å². The van der Waals surface area contributed by atoms with Crippen LogP contribution in [0.15, 0.2) is 0 Å². The highest BCUT2D eigenvalue weighted by molar-refractivity contribution is 7.09. The SMILES string of the molecule is CC(C)Cc1nsc(NCc2nn[nH]n2)n1. The molecule has 8 heteroatoms. The van der Waals surface area contributed by atoms with Gasteiger partial charge in [0.2, 0.25) is 5.13 Å². The zero-order chi connectivity index (χ0) is 11.4. The van der Waals surface area contributed by atoms with E-state index in [-0.39, 0.29) is 0 Å². The third kappa shape index (κ3) is 2.96. The predicted octanol–water partition coefficient (Wildman–Crippen LogP) is 0.862. The maximum absolute atomic E-state index is 4.36. The first-order valence-corrected chi connectivity index (χ1v) is 5.80. The highest BCUT2D eigenvalue weighted by Crippen LogP contribution is 2.13. The van der Waals surface area contributed by atoms with Crippen molar-refractivity contribution in [3.05, 3.63) is 11.6 Å². The standard InChI is InChI=1S/C8H13N7S/c1-5(2)3-6-10-8(16-13-6)9-4-7-11-14-15-12-7/h5H,3-4H2,1-2H3,(H,9,10,13)(H,11,12,14,15). The van der Waals surface area contributed by atoms with E-state index in [0.717, 1.165) is 17.4 Å². The van der Waals surface area contributed by atoms with E-state index in [2.05, 4.69) is 49.1 Å². The molecule has 16 heavy (non-hydrogen) atoms. The van der Waals surface area contributed by atoms with Crippen molar-refractivity contribution in [3.8, 4) is 0 Å². The molecule has 86 valence electrons. The summed E-state index contributed by atoms with van der Waals surface area (Å²) in [7, 11) is 0. The molecule has 0 aliphatic carbocycles. The Morgan fingerprint density at radius 3 is 2.94 bits per heavy atom. The number of tetrazole rings is 1. The molecule has 0 saturated carbocycles. The summed E-state index contributed by atoms with van der Waals surface area (Å²) in [5.41, 5.74) is 0. The van der Waals surface area contributed by atoms with Gasteiger partial charge in [0, 0.05) is 18.0 Å². The number of aromatic nitrogens is 6. The number of anilines is 1. The molecule has 2 aromatic heterocycles. The van der Waals surface area contributed by atoms with Crippen molar-refractivity contribution in [3.63, 3.8) is 0 Å². The fourth-order valence-electron chi connectivity index (χ4n) is 1.19. The smallest absolute Gasteiger partial charge is 0.202 e. The average molecular weight is 239 g/mol. The molecule has 2 aromatic rings. The first kappa shape index (κ1) is 10.9. The Morgan fingerprint density at radius 2 is 2.25 bits per heavy atom. The fourth-order valence-corrected chi connectivity index (χ4v) is 1.78. The van der Waals surface area contributed by atoms with Crippen LogP contribution in [-0.2, 0) is 13.0 Å². The Morgan fingerprint density at radius 1 is 1.38 bits per heavy atom. The second kappa shape index (κ2) is 4.97. The topological polar surface area (TPSA) is 92.3 Å². The van der Waals surface area contributed by atoms with Gasteiger partial charge < -0.3 is 5.32 Å². The van der Waals surface area contributed by atoms with Crippen molar-refractivity contribution in [1.82, 2.24) is 30.0 Å². The van der Waals surface area contributed by atoms with Gasteiger partial charge in [-0.3, -0.25) is 0 Å². The van der Waals surface area contributed by atoms with E-state index in [4.69, 9.17) is 0 Å². The fraction of sp³-hybridized carbons (Fsp3) is 0.625. The van der Waals surface area contributed by atoms with Crippen LogP contribution < -0.4 is 5.32 Å². The van der Waals surface area contributed by atoms with Crippen molar-refractivity contribution in [1.29, 1.82) is 0 Å². The Hall–Kier alpha value is -1.57. The van der Waals surface area contributed by atoms with Gasteiger partial charge in [-0.2, -0.15) is 9.59 Å². The van der Waals surface area contributed by atoms with Gasteiger partial charge >= 0.3 is 0 Å². The minimum atomic E-state index is 0.507. The normalized spacial score (nSPS) is 10.9. The van der Waals surface area contributed by atoms with E-state index in [0.29, 0.717) is 18.3 Å². The molecule has 0 atom stereocenters. The molecule has 0 aliphatic heterocycles. The Labute approximate surface area is 96.9 Å². The minimum absolute atomic E-state index is 0.507. The van der Waals surface area contributed by atoms with E-state index in [9.17, 15) is 0 Å². The number of hydrogen-bond donors (Lipinski definition) is 2. The summed E-state index contributed by atoms with van der Waals surface area (Å²) in [6.45, 7) is 4.80. The third-order valence-electron chi connectivity index (χ3n) is 1.85. The lowest BCUT2D eigenvalue weighted by Crippen LogP contribution is -2.02. The van der Waals surface area contributed by atoms with Gasteiger partial charge in [0.15, 0.2) is 5.82 Å². The number of nitrogens with zero attached hydrogens (tertiary/aromatic N) is 5. The average Bonchev–Trinajstić information content (AvgIpc) is 2.84. The summed E-state index contributed by atoms with van der Waals surface area (Å²) >= 11 is 1.35. The quantitative estimate of drug-likeness (QED) is 0.804. The number of hydrogen-bond acceptors (Lipinski definition) is 7. The molecule has 0 spiro atoms. The van der Waals surface area contributed by atoms with Gasteiger partial charge in [-0.1, -0.05) is 19.1 Å². The van der Waals surface area contributed by atoms with Crippen molar-refractivity contribution >= 4 is 16.7 Å². The highest BCUT2D eigenvalue weighted by atomic mass is 32.1. The van der Waals surface area contributed by atoms with E-state index in [1.165, 1.54) is 11.5 Å². The molecule has 0 amide bonds. The van der Waals surface area contributed by atoms with Crippen LogP contribution in [0.1, 0.15) is 25.5 Å². The molecule has 7 nitrogen and oxygen atoms in total. The Bertz CT molecular complexity index is 421. The molecule has 2 rings (SSSR count). The van der Waals surface area contributed by atoms with Crippen molar-refractivity contribution in [2.75, 3.05) is 5.32 Å². The highest BCUT2D eigenvalue weighted by Gasteiger charge is 2.06. The number of nitrogens with one attached hydrogen (secondary N) is 2. The van der Waals surface area contributed by atoms with Gasteiger partial charge in [0.25, 0.3) is 0 Å². The van der Waals surface area contributed by atoms with Gasteiger partial charge in [0.1, 0.15) is 5.82 Å². The van der Waals surface area contributed by atoms with E-state index < -0.39 is 0 Å². The molecule has 0 bridgehead atoms. The predicted molar refractivity (Wildman–Crippen MR) is 60.0 cm³/mol. The number of H-pyrrole nitrogens is 1. The van der Waals surface area contributed by atoms with Crippen LogP contribution in [-0.4, -0.2) is 30.0 Å². The molecule has 0 saturated heterocycles. The Kier molecular flexibility index (Phi) is 3.40. The van der Waals surface area contributed by atoms with Gasteiger partial charge in [-0.25, -0.2) is 4.98 Å². The van der Waals surface area contributed by atoms with Crippen LogP contribution in [0.25, 0.3) is 0 Å². The minimum Gasteiger partial charge on any atom is -0.353 e. The third-order valence-corrected chi connectivity index (χ3v) is 2.56. The molecule has 0 unspecified atom stereocenters. The molecular weight excluding hydrogens is 226 g/mol. The monoisotopic (exact) mass is 239 g/mol. The van der Waals surface area contributed by atoms with Gasteiger partial charge in [-0.15, -0.1) is 10.2 Å². The zero-order valence-corrected chi connectivity index (χ0v) is 9.95. The van der Waals surface area contributed by atoms with Crippen LogP contribution in [0.4, 0.5) is 5.13 Å². The van der Waals surface area contributed by atoms with Crippen LogP contribution in [0.3, 0.4) is 0 Å². The van der Waals surface area contributed by atoms with Crippen molar-refractivity contribution in [2.45, 2.75) is 26.8 Å². The largest absolute Gasteiger partial charge is 0.353 e. The molecule has 0 radical (unpaired) electrons. The van der Waals surface area contributed by atoms with Crippen LogP contribution >= 0.6 is 11.5 Å². The van der Waals surface area contributed by atoms with Crippen LogP contribution in [0.2, 0.25) is 0 Å². The van der Waals surface area contributed by atoms with E-state index >= 15 is 0 Å². The number of rotatable bonds is 5. The van der Waals surface area contributed by atoms with Crippen LogP contribution in [0.5, 0.6) is 0 Å².